The molecule has 3 aromatic carbocycles. The molecule has 158 valence electrons. The minimum absolute atomic E-state index is 0.120. The van der Waals surface area contributed by atoms with E-state index in [0.29, 0.717) is 17.7 Å². The van der Waals surface area contributed by atoms with Gasteiger partial charge in [0.05, 0.1) is 0 Å². The molecule has 0 N–H and O–H groups in total. The van der Waals surface area contributed by atoms with E-state index in [1.54, 1.807) is 0 Å². The number of nitrogens with zero attached hydrogens (tertiary/aromatic N) is 2. The van der Waals surface area contributed by atoms with Gasteiger partial charge in [0.2, 0.25) is 11.8 Å². The molecule has 0 spiro atoms. The first-order valence-electron chi connectivity index (χ1n) is 11.0. The van der Waals surface area contributed by atoms with Crippen molar-refractivity contribution in [3.8, 4) is 34.0 Å². The second-order valence-corrected chi connectivity index (χ2v) is 9.25. The third-order valence-corrected chi connectivity index (χ3v) is 5.98. The molecule has 1 heterocycles. The largest absolute Gasteiger partial charge is 0.416 e. The molecule has 1 unspecified atom stereocenters. The van der Waals surface area contributed by atoms with Gasteiger partial charge in [0.25, 0.3) is 0 Å². The van der Waals surface area contributed by atoms with Gasteiger partial charge in [-0.05, 0) is 64.3 Å². The Bertz CT molecular complexity index is 1130. The van der Waals surface area contributed by atoms with Crippen LogP contribution in [0.15, 0.2) is 77.2 Å². The third kappa shape index (κ3) is 4.61. The maximum atomic E-state index is 5.96. The van der Waals surface area contributed by atoms with Crippen LogP contribution in [0, 0.1) is 0 Å². The molecular weight excluding hydrogens is 380 g/mol. The zero-order chi connectivity index (χ0) is 22.0. The third-order valence-electron chi connectivity index (χ3n) is 5.98. The quantitative estimate of drug-likeness (QED) is 0.336. The number of hydrogen-bond donors (Lipinski definition) is 0. The lowest BCUT2D eigenvalue weighted by molar-refractivity contribution is 0.582. The maximum Gasteiger partial charge on any atom is 0.248 e. The van der Waals surface area contributed by atoms with Crippen LogP contribution in [0.1, 0.15) is 58.1 Å². The van der Waals surface area contributed by atoms with E-state index in [2.05, 4.69) is 93.3 Å². The van der Waals surface area contributed by atoms with Crippen molar-refractivity contribution in [2.75, 3.05) is 0 Å². The van der Waals surface area contributed by atoms with Gasteiger partial charge in [0.15, 0.2) is 0 Å². The van der Waals surface area contributed by atoms with Crippen LogP contribution in [0.3, 0.4) is 0 Å². The lowest BCUT2D eigenvalue weighted by atomic mass is 9.87. The van der Waals surface area contributed by atoms with Gasteiger partial charge in [-0.15, -0.1) is 10.2 Å². The van der Waals surface area contributed by atoms with Gasteiger partial charge < -0.3 is 4.42 Å². The fraction of sp³-hybridized carbons (Fsp3) is 0.286. The predicted molar refractivity (Wildman–Crippen MR) is 128 cm³/mol. The van der Waals surface area contributed by atoms with E-state index in [-0.39, 0.29) is 5.41 Å². The van der Waals surface area contributed by atoms with Crippen molar-refractivity contribution >= 4 is 0 Å². The minimum atomic E-state index is 0.120. The van der Waals surface area contributed by atoms with Crippen molar-refractivity contribution in [1.82, 2.24) is 10.2 Å². The van der Waals surface area contributed by atoms with E-state index in [1.165, 1.54) is 22.3 Å². The summed E-state index contributed by atoms with van der Waals surface area (Å²) in [4.78, 5) is 0. The Balaban J connectivity index is 1.52. The Morgan fingerprint density at radius 1 is 0.677 bits per heavy atom. The highest BCUT2D eigenvalue weighted by Crippen LogP contribution is 2.29. The zero-order valence-corrected chi connectivity index (χ0v) is 19.0. The van der Waals surface area contributed by atoms with Crippen molar-refractivity contribution < 1.29 is 4.42 Å². The summed E-state index contributed by atoms with van der Waals surface area (Å²) in [6, 6.07) is 25.5. The van der Waals surface area contributed by atoms with E-state index in [9.17, 15) is 0 Å². The van der Waals surface area contributed by atoms with Crippen LogP contribution in [0.2, 0.25) is 0 Å². The fourth-order valence-corrected chi connectivity index (χ4v) is 3.61. The lowest BCUT2D eigenvalue weighted by Gasteiger charge is -2.18. The Morgan fingerprint density at radius 3 is 1.55 bits per heavy atom. The molecular formula is C28H30N2O. The van der Waals surface area contributed by atoms with Gasteiger partial charge in [-0.1, -0.05) is 83.1 Å². The summed E-state index contributed by atoms with van der Waals surface area (Å²) < 4.78 is 5.96. The van der Waals surface area contributed by atoms with Crippen molar-refractivity contribution in [3.05, 3.63) is 83.9 Å². The van der Waals surface area contributed by atoms with Crippen LogP contribution in [0.5, 0.6) is 0 Å². The second kappa shape index (κ2) is 8.50. The van der Waals surface area contributed by atoms with Crippen molar-refractivity contribution in [2.45, 2.75) is 52.4 Å². The van der Waals surface area contributed by atoms with Crippen LogP contribution in [-0.2, 0) is 5.41 Å². The Morgan fingerprint density at radius 2 is 1.10 bits per heavy atom. The molecule has 4 aromatic rings. The topological polar surface area (TPSA) is 38.9 Å². The van der Waals surface area contributed by atoms with Gasteiger partial charge >= 0.3 is 0 Å². The van der Waals surface area contributed by atoms with Crippen LogP contribution >= 0.6 is 0 Å². The molecule has 0 bridgehead atoms. The van der Waals surface area contributed by atoms with Gasteiger partial charge in [0.1, 0.15) is 0 Å². The molecule has 0 aliphatic rings. The fourth-order valence-electron chi connectivity index (χ4n) is 3.61. The van der Waals surface area contributed by atoms with Crippen molar-refractivity contribution in [2.24, 2.45) is 0 Å². The minimum Gasteiger partial charge on any atom is -0.416 e. The van der Waals surface area contributed by atoms with E-state index < -0.39 is 0 Å². The molecule has 0 aliphatic heterocycles. The molecule has 0 saturated carbocycles. The van der Waals surface area contributed by atoms with Crippen LogP contribution in [-0.4, -0.2) is 10.2 Å². The summed E-state index contributed by atoms with van der Waals surface area (Å²) in [6.45, 7) is 11.1. The monoisotopic (exact) mass is 410 g/mol. The molecule has 4 rings (SSSR count). The summed E-state index contributed by atoms with van der Waals surface area (Å²) in [6.07, 6.45) is 1.15. The van der Waals surface area contributed by atoms with Crippen LogP contribution in [0.25, 0.3) is 34.0 Å². The van der Waals surface area contributed by atoms with E-state index in [1.807, 2.05) is 24.3 Å². The highest BCUT2D eigenvalue weighted by atomic mass is 16.4. The molecule has 31 heavy (non-hydrogen) atoms. The van der Waals surface area contributed by atoms with Gasteiger partial charge in [-0.25, -0.2) is 0 Å². The first-order chi connectivity index (χ1) is 14.8. The Kier molecular flexibility index (Phi) is 5.77. The van der Waals surface area contributed by atoms with Crippen molar-refractivity contribution in [1.29, 1.82) is 0 Å². The Labute approximate surface area is 185 Å². The molecule has 1 atom stereocenters. The summed E-state index contributed by atoms with van der Waals surface area (Å²) in [5, 5.41) is 8.51. The summed E-state index contributed by atoms with van der Waals surface area (Å²) in [5.74, 6) is 1.67. The smallest absolute Gasteiger partial charge is 0.248 e. The summed E-state index contributed by atoms with van der Waals surface area (Å²) >= 11 is 0. The number of benzene rings is 3. The summed E-state index contributed by atoms with van der Waals surface area (Å²) in [5.41, 5.74) is 7.03. The second-order valence-electron chi connectivity index (χ2n) is 9.25. The highest BCUT2D eigenvalue weighted by Gasteiger charge is 2.15. The maximum absolute atomic E-state index is 5.96. The average molecular weight is 411 g/mol. The molecule has 0 radical (unpaired) electrons. The summed E-state index contributed by atoms with van der Waals surface area (Å²) in [7, 11) is 0. The highest BCUT2D eigenvalue weighted by molar-refractivity contribution is 5.68. The van der Waals surface area contributed by atoms with Gasteiger partial charge in [-0.2, -0.15) is 0 Å². The van der Waals surface area contributed by atoms with Gasteiger partial charge in [0, 0.05) is 11.1 Å². The van der Waals surface area contributed by atoms with E-state index in [4.69, 9.17) is 4.42 Å². The predicted octanol–water partition coefficient (Wildman–Crippen LogP) is 7.88. The van der Waals surface area contributed by atoms with Crippen LogP contribution in [0.4, 0.5) is 0 Å². The average Bonchev–Trinajstić information content (AvgIpc) is 3.29. The first kappa shape index (κ1) is 21.0. The Hall–Kier alpha value is -3.20. The molecule has 0 saturated heterocycles. The number of hydrogen-bond acceptors (Lipinski definition) is 3. The van der Waals surface area contributed by atoms with Crippen LogP contribution < -0.4 is 0 Å². The standard InChI is InChI=1S/C28H30N2O/c1-6-19(2)20-7-9-21(10-8-20)22-11-13-23(14-12-22)26-29-30-27(31-26)24-15-17-25(18-16-24)28(3,4)5/h7-19H,6H2,1-5H3. The molecule has 1 aromatic heterocycles. The molecule has 3 heteroatoms. The molecule has 0 fully saturated rings. The molecule has 0 amide bonds. The van der Waals surface area contributed by atoms with E-state index >= 15 is 0 Å². The molecule has 3 nitrogen and oxygen atoms in total. The normalized spacial score (nSPS) is 12.7. The SMILES string of the molecule is CCC(C)c1ccc(-c2ccc(-c3nnc(-c4ccc(C(C)(C)C)cc4)o3)cc2)cc1. The van der Waals surface area contributed by atoms with Gasteiger partial charge in [-0.3, -0.25) is 0 Å². The zero-order valence-electron chi connectivity index (χ0n) is 19.0. The van der Waals surface area contributed by atoms with Crippen molar-refractivity contribution in [3.63, 3.8) is 0 Å². The first-order valence-corrected chi connectivity index (χ1v) is 11.0. The number of aromatic nitrogens is 2. The number of rotatable bonds is 5. The lowest BCUT2D eigenvalue weighted by Crippen LogP contribution is -2.10. The molecule has 0 aliphatic carbocycles. The van der Waals surface area contributed by atoms with E-state index in [0.717, 1.165) is 17.5 Å².